The van der Waals surface area contributed by atoms with Crippen molar-refractivity contribution in [2.45, 2.75) is 32.2 Å². The number of nitrogens with zero attached hydrogens (tertiary/aromatic N) is 1. The van der Waals surface area contributed by atoms with Crippen LogP contribution >= 0.6 is 0 Å². The van der Waals surface area contributed by atoms with E-state index in [2.05, 4.69) is 13.8 Å². The normalized spacial score (nSPS) is 21.0. The first-order valence-electron chi connectivity index (χ1n) is 8.52. The van der Waals surface area contributed by atoms with Crippen LogP contribution in [0.3, 0.4) is 0 Å². The number of furan rings is 1. The second-order valence-corrected chi connectivity index (χ2v) is 7.22. The smallest absolute Gasteiger partial charge is 0.234 e. The molecular weight excluding hydrogens is 318 g/mol. The fourth-order valence-corrected chi connectivity index (χ4v) is 3.71. The minimum Gasteiger partial charge on any atom is -0.497 e. The molecule has 0 spiro atoms. The lowest BCUT2D eigenvalue weighted by atomic mass is 9.86. The van der Waals surface area contributed by atoms with E-state index in [-0.39, 0.29) is 24.5 Å². The van der Waals surface area contributed by atoms with Crippen LogP contribution in [0, 0.1) is 5.41 Å². The van der Waals surface area contributed by atoms with Crippen LogP contribution in [0.15, 0.2) is 47.1 Å². The van der Waals surface area contributed by atoms with Crippen molar-refractivity contribution in [2.24, 2.45) is 5.41 Å². The predicted molar refractivity (Wildman–Crippen MR) is 94.3 cm³/mol. The lowest BCUT2D eigenvalue weighted by Gasteiger charge is -2.29. The third-order valence-corrected chi connectivity index (χ3v) is 5.27. The molecule has 25 heavy (non-hydrogen) atoms. The summed E-state index contributed by atoms with van der Waals surface area (Å²) in [5.74, 6) is 1.52. The van der Waals surface area contributed by atoms with E-state index in [1.54, 1.807) is 24.3 Å². The van der Waals surface area contributed by atoms with Gasteiger partial charge in [-0.2, -0.15) is 0 Å². The van der Waals surface area contributed by atoms with Gasteiger partial charge in [0.05, 0.1) is 31.9 Å². The summed E-state index contributed by atoms with van der Waals surface area (Å²) in [6, 6.07) is 11.4. The predicted octanol–water partition coefficient (Wildman–Crippen LogP) is 2.98. The zero-order chi connectivity index (χ0) is 18.1. The van der Waals surface area contributed by atoms with E-state index < -0.39 is 5.41 Å². The summed E-state index contributed by atoms with van der Waals surface area (Å²) in [7, 11) is 1.63. The average molecular weight is 343 g/mol. The van der Waals surface area contributed by atoms with Gasteiger partial charge in [0, 0.05) is 6.54 Å². The number of carbonyl (C=O) groups excluding carboxylic acids is 1. The molecule has 1 aromatic heterocycles. The molecule has 0 unspecified atom stereocenters. The molecule has 1 amide bonds. The Morgan fingerprint density at radius 3 is 2.44 bits per heavy atom. The number of rotatable bonds is 7. The monoisotopic (exact) mass is 343 g/mol. The van der Waals surface area contributed by atoms with Crippen LogP contribution in [0.4, 0.5) is 0 Å². The summed E-state index contributed by atoms with van der Waals surface area (Å²) in [6.07, 6.45) is 2.38. The van der Waals surface area contributed by atoms with Gasteiger partial charge >= 0.3 is 0 Å². The largest absolute Gasteiger partial charge is 0.497 e. The van der Waals surface area contributed by atoms with Gasteiger partial charge in [0.25, 0.3) is 0 Å². The van der Waals surface area contributed by atoms with Crippen molar-refractivity contribution < 1.29 is 19.1 Å². The molecule has 1 fully saturated rings. The SMILES string of the molecule is COc1ccc([C@]2(C(=O)N(CCO)Cc3ccco3)CC2(C)C)cc1. The van der Waals surface area contributed by atoms with Gasteiger partial charge in [0.1, 0.15) is 11.5 Å². The summed E-state index contributed by atoms with van der Waals surface area (Å²) in [6.45, 7) is 4.79. The number of amides is 1. The Balaban J connectivity index is 1.91. The summed E-state index contributed by atoms with van der Waals surface area (Å²) in [5, 5.41) is 9.43. The highest BCUT2D eigenvalue weighted by molar-refractivity contribution is 5.93. The highest BCUT2D eigenvalue weighted by atomic mass is 16.5. The highest BCUT2D eigenvalue weighted by Crippen LogP contribution is 2.65. The van der Waals surface area contributed by atoms with E-state index in [4.69, 9.17) is 9.15 Å². The quantitative estimate of drug-likeness (QED) is 0.839. The molecule has 2 aromatic rings. The fourth-order valence-electron chi connectivity index (χ4n) is 3.71. The molecule has 3 rings (SSSR count). The first kappa shape index (κ1) is 17.5. The molecule has 0 bridgehead atoms. The molecule has 134 valence electrons. The number of aliphatic hydroxyl groups is 1. The number of hydrogen-bond donors (Lipinski definition) is 1. The van der Waals surface area contributed by atoms with Gasteiger partial charge < -0.3 is 19.2 Å². The van der Waals surface area contributed by atoms with Crippen molar-refractivity contribution in [3.8, 4) is 5.75 Å². The highest BCUT2D eigenvalue weighted by Gasteiger charge is 2.67. The number of ether oxygens (including phenoxy) is 1. The van der Waals surface area contributed by atoms with E-state index in [1.165, 1.54) is 0 Å². The van der Waals surface area contributed by atoms with Crippen molar-refractivity contribution in [3.05, 3.63) is 54.0 Å². The first-order chi connectivity index (χ1) is 11.9. The van der Waals surface area contributed by atoms with E-state index in [0.29, 0.717) is 12.3 Å². The number of carbonyl (C=O) groups is 1. The van der Waals surface area contributed by atoms with Crippen molar-refractivity contribution in [2.75, 3.05) is 20.3 Å². The minimum absolute atomic E-state index is 0.0353. The van der Waals surface area contributed by atoms with Crippen LogP contribution in [0.2, 0.25) is 0 Å². The van der Waals surface area contributed by atoms with Crippen molar-refractivity contribution in [3.63, 3.8) is 0 Å². The van der Waals surface area contributed by atoms with Crippen LogP contribution in [0.5, 0.6) is 5.75 Å². The third-order valence-electron chi connectivity index (χ3n) is 5.27. The van der Waals surface area contributed by atoms with Crippen LogP contribution < -0.4 is 4.74 Å². The molecule has 5 nitrogen and oxygen atoms in total. The Bertz CT molecular complexity index is 721. The molecule has 1 aliphatic carbocycles. The molecule has 5 heteroatoms. The van der Waals surface area contributed by atoms with Gasteiger partial charge in [-0.05, 0) is 41.7 Å². The molecule has 1 N–H and O–H groups in total. The number of methoxy groups -OCH3 is 1. The fraction of sp³-hybridized carbons (Fsp3) is 0.450. The maximum atomic E-state index is 13.5. The summed E-state index contributed by atoms with van der Waals surface area (Å²) in [4.78, 5) is 15.1. The molecule has 0 radical (unpaired) electrons. The summed E-state index contributed by atoms with van der Waals surface area (Å²) < 4.78 is 10.6. The van der Waals surface area contributed by atoms with Crippen molar-refractivity contribution in [1.29, 1.82) is 0 Å². The van der Waals surface area contributed by atoms with Crippen LogP contribution in [-0.2, 0) is 16.8 Å². The summed E-state index contributed by atoms with van der Waals surface area (Å²) >= 11 is 0. The molecule has 0 saturated heterocycles. The standard InChI is InChI=1S/C20H25NO4/c1-19(2)14-20(19,15-6-8-16(24-3)9-7-15)18(23)21(10-11-22)13-17-5-4-12-25-17/h4-9,12,22H,10-11,13-14H2,1-3H3/t20-/m0/s1. The third kappa shape index (κ3) is 3.04. The first-order valence-corrected chi connectivity index (χ1v) is 8.52. The van der Waals surface area contributed by atoms with E-state index in [9.17, 15) is 9.90 Å². The zero-order valence-electron chi connectivity index (χ0n) is 15.0. The van der Waals surface area contributed by atoms with Crippen LogP contribution in [0.25, 0.3) is 0 Å². The Morgan fingerprint density at radius 1 is 1.28 bits per heavy atom. The number of hydrogen-bond acceptors (Lipinski definition) is 4. The maximum Gasteiger partial charge on any atom is 0.234 e. The van der Waals surface area contributed by atoms with Crippen LogP contribution in [0.1, 0.15) is 31.6 Å². The van der Waals surface area contributed by atoms with Crippen molar-refractivity contribution in [1.82, 2.24) is 4.90 Å². The second kappa shape index (κ2) is 6.56. The lowest BCUT2D eigenvalue weighted by molar-refractivity contribution is -0.136. The Hall–Kier alpha value is -2.27. The van der Waals surface area contributed by atoms with E-state index >= 15 is 0 Å². The second-order valence-electron chi connectivity index (χ2n) is 7.22. The van der Waals surface area contributed by atoms with Gasteiger partial charge in [-0.15, -0.1) is 0 Å². The molecule has 1 heterocycles. The Morgan fingerprint density at radius 2 is 1.96 bits per heavy atom. The topological polar surface area (TPSA) is 62.9 Å². The molecule has 1 atom stereocenters. The molecule has 1 aliphatic rings. The molecule has 1 saturated carbocycles. The average Bonchev–Trinajstić information content (AvgIpc) is 2.95. The Kier molecular flexibility index (Phi) is 4.60. The summed E-state index contributed by atoms with van der Waals surface area (Å²) in [5.41, 5.74) is 0.294. The van der Waals surface area contributed by atoms with Gasteiger partial charge in [-0.1, -0.05) is 26.0 Å². The zero-order valence-corrected chi connectivity index (χ0v) is 15.0. The molecule has 1 aromatic carbocycles. The van der Waals surface area contributed by atoms with Gasteiger partial charge in [0.2, 0.25) is 5.91 Å². The van der Waals surface area contributed by atoms with Gasteiger partial charge in [-0.3, -0.25) is 4.79 Å². The number of aliphatic hydroxyl groups excluding tert-OH is 1. The van der Waals surface area contributed by atoms with E-state index in [1.807, 2.05) is 30.3 Å². The van der Waals surface area contributed by atoms with Crippen molar-refractivity contribution >= 4 is 5.91 Å². The molecular formula is C20H25NO4. The van der Waals surface area contributed by atoms with Crippen LogP contribution in [-0.4, -0.2) is 36.2 Å². The van der Waals surface area contributed by atoms with Gasteiger partial charge in [-0.25, -0.2) is 0 Å². The number of benzene rings is 1. The maximum absolute atomic E-state index is 13.5. The molecule has 0 aliphatic heterocycles. The lowest BCUT2D eigenvalue weighted by Crippen LogP contribution is -2.42. The van der Waals surface area contributed by atoms with Gasteiger partial charge in [0.15, 0.2) is 0 Å². The Labute approximate surface area is 148 Å². The minimum atomic E-state index is -0.568. The van der Waals surface area contributed by atoms with E-state index in [0.717, 1.165) is 17.7 Å².